The molecule has 0 aromatic heterocycles. The van der Waals surface area contributed by atoms with E-state index in [0.29, 0.717) is 25.9 Å². The highest BCUT2D eigenvalue weighted by molar-refractivity contribution is 7.89. The largest absolute Gasteiger partial charge is 0.279 e. The highest BCUT2D eigenvalue weighted by atomic mass is 32.2. The summed E-state index contributed by atoms with van der Waals surface area (Å²) in [7, 11) is -4.08. The van der Waals surface area contributed by atoms with Crippen LogP contribution in [0.15, 0.2) is 35.2 Å². The van der Waals surface area contributed by atoms with E-state index in [1.807, 2.05) is 0 Å². The van der Waals surface area contributed by atoms with Crippen molar-refractivity contribution >= 4 is 20.2 Å². The first-order valence-corrected chi connectivity index (χ1v) is 9.86. The predicted molar refractivity (Wildman–Crippen MR) is 84.0 cm³/mol. The first-order valence-electron chi connectivity index (χ1n) is 6.98. The van der Waals surface area contributed by atoms with Gasteiger partial charge in [0, 0.05) is 33.2 Å². The molecule has 1 saturated heterocycles. The molecule has 1 fully saturated rings. The maximum Gasteiger partial charge on any atom is 0.279 e. The van der Waals surface area contributed by atoms with Gasteiger partial charge in [0.2, 0.25) is 10.0 Å². The number of piperidine rings is 1. The van der Waals surface area contributed by atoms with Crippen molar-refractivity contribution in [2.75, 3.05) is 27.2 Å². The molecule has 124 valence electrons. The molecule has 0 aliphatic carbocycles. The van der Waals surface area contributed by atoms with Gasteiger partial charge in [-0.1, -0.05) is 18.2 Å². The Morgan fingerprint density at radius 1 is 1.05 bits per heavy atom. The van der Waals surface area contributed by atoms with E-state index in [9.17, 15) is 16.8 Å². The molecule has 0 atom stereocenters. The molecule has 9 heteroatoms. The van der Waals surface area contributed by atoms with Crippen LogP contribution in [0.25, 0.3) is 0 Å². The summed E-state index contributed by atoms with van der Waals surface area (Å²) in [6.07, 6.45) is 0.915. The number of nitrogens with zero attached hydrogens (tertiary/aromatic N) is 2. The fourth-order valence-corrected chi connectivity index (χ4v) is 4.63. The smallest absolute Gasteiger partial charge is 0.207 e. The topological polar surface area (TPSA) is 86.8 Å². The predicted octanol–water partition coefficient (Wildman–Crippen LogP) is 0.236. The Kier molecular flexibility index (Phi) is 5.23. The summed E-state index contributed by atoms with van der Waals surface area (Å²) in [5, 5.41) is 0. The maximum atomic E-state index is 12.5. The Bertz CT molecular complexity index is 694. The lowest BCUT2D eigenvalue weighted by Gasteiger charge is -2.32. The molecule has 22 heavy (non-hydrogen) atoms. The molecule has 0 radical (unpaired) electrons. The van der Waals surface area contributed by atoms with Crippen LogP contribution in [0.2, 0.25) is 0 Å². The van der Waals surface area contributed by atoms with E-state index in [1.54, 1.807) is 30.3 Å². The number of nitrogens with one attached hydrogen (secondary N) is 1. The van der Waals surface area contributed by atoms with Crippen LogP contribution in [-0.2, 0) is 20.2 Å². The van der Waals surface area contributed by atoms with Crippen molar-refractivity contribution in [3.05, 3.63) is 30.3 Å². The first kappa shape index (κ1) is 17.4. The molecule has 0 spiro atoms. The zero-order valence-corrected chi connectivity index (χ0v) is 14.3. The lowest BCUT2D eigenvalue weighted by Crippen LogP contribution is -2.48. The molecule has 0 bridgehead atoms. The standard InChI is InChI=1S/C13H21N3O4S2/c1-15(2)22(19,20)14-12-8-10-16(11-9-12)21(17,18)13-6-4-3-5-7-13/h3-7,12,14H,8-11H2,1-2H3. The minimum atomic E-state index is -3.50. The number of hydrogen-bond acceptors (Lipinski definition) is 4. The second kappa shape index (κ2) is 6.63. The maximum absolute atomic E-state index is 12.5. The molecule has 0 unspecified atom stereocenters. The third-order valence-electron chi connectivity index (χ3n) is 3.63. The summed E-state index contributed by atoms with van der Waals surface area (Å²) in [6, 6.07) is 8.03. The van der Waals surface area contributed by atoms with Crippen molar-refractivity contribution in [1.82, 2.24) is 13.3 Å². The van der Waals surface area contributed by atoms with Gasteiger partial charge in [0.15, 0.2) is 0 Å². The second-order valence-electron chi connectivity index (χ2n) is 5.40. The number of rotatable bonds is 5. The van der Waals surface area contributed by atoms with Crippen LogP contribution in [0, 0.1) is 0 Å². The Morgan fingerprint density at radius 2 is 1.59 bits per heavy atom. The van der Waals surface area contributed by atoms with E-state index >= 15 is 0 Å². The zero-order chi connectivity index (χ0) is 16.4. The van der Waals surface area contributed by atoms with E-state index in [-0.39, 0.29) is 10.9 Å². The van der Waals surface area contributed by atoms with E-state index in [1.165, 1.54) is 18.4 Å². The second-order valence-corrected chi connectivity index (χ2v) is 9.25. The quantitative estimate of drug-likeness (QED) is 0.826. The van der Waals surface area contributed by atoms with Crippen molar-refractivity contribution in [1.29, 1.82) is 0 Å². The third-order valence-corrected chi connectivity index (χ3v) is 7.14. The molecule has 0 saturated carbocycles. The normalized spacial score (nSPS) is 18.7. The van der Waals surface area contributed by atoms with Crippen molar-refractivity contribution < 1.29 is 16.8 Å². The molecule has 1 aliphatic heterocycles. The Hall–Kier alpha value is -1.00. The number of benzene rings is 1. The van der Waals surface area contributed by atoms with Crippen molar-refractivity contribution in [3.63, 3.8) is 0 Å². The fourth-order valence-electron chi connectivity index (χ4n) is 2.27. The van der Waals surface area contributed by atoms with E-state index in [0.717, 1.165) is 4.31 Å². The molecule has 7 nitrogen and oxygen atoms in total. The minimum Gasteiger partial charge on any atom is -0.207 e. The van der Waals surface area contributed by atoms with Crippen LogP contribution in [0.5, 0.6) is 0 Å². The van der Waals surface area contributed by atoms with Gasteiger partial charge in [-0.3, -0.25) is 0 Å². The molecule has 2 rings (SSSR count). The Labute approximate surface area is 132 Å². The summed E-state index contributed by atoms with van der Waals surface area (Å²) in [5.74, 6) is 0. The van der Waals surface area contributed by atoms with Crippen LogP contribution < -0.4 is 4.72 Å². The summed E-state index contributed by atoms with van der Waals surface area (Å²) in [5.41, 5.74) is 0. The van der Waals surface area contributed by atoms with Crippen LogP contribution >= 0.6 is 0 Å². The lowest BCUT2D eigenvalue weighted by atomic mass is 10.1. The van der Waals surface area contributed by atoms with E-state index in [2.05, 4.69) is 4.72 Å². The number of hydrogen-bond donors (Lipinski definition) is 1. The van der Waals surface area contributed by atoms with E-state index in [4.69, 9.17) is 0 Å². The highest BCUT2D eigenvalue weighted by Gasteiger charge is 2.31. The van der Waals surface area contributed by atoms with Crippen LogP contribution in [0.1, 0.15) is 12.8 Å². The molecule has 1 N–H and O–H groups in total. The zero-order valence-electron chi connectivity index (χ0n) is 12.6. The average Bonchev–Trinajstić information content (AvgIpc) is 2.48. The van der Waals surface area contributed by atoms with Gasteiger partial charge in [0.25, 0.3) is 10.2 Å². The summed E-state index contributed by atoms with van der Waals surface area (Å²) >= 11 is 0. The van der Waals surface area contributed by atoms with Crippen LogP contribution in [0.3, 0.4) is 0 Å². The van der Waals surface area contributed by atoms with Gasteiger partial charge in [-0.15, -0.1) is 0 Å². The fraction of sp³-hybridized carbons (Fsp3) is 0.538. The number of sulfonamides is 1. The molecular formula is C13H21N3O4S2. The molecular weight excluding hydrogens is 326 g/mol. The van der Waals surface area contributed by atoms with Gasteiger partial charge in [-0.05, 0) is 25.0 Å². The molecule has 0 amide bonds. The molecule has 1 aliphatic rings. The van der Waals surface area contributed by atoms with Crippen molar-refractivity contribution in [2.45, 2.75) is 23.8 Å². The van der Waals surface area contributed by atoms with Gasteiger partial charge in [0.1, 0.15) is 0 Å². The Balaban J connectivity index is 2.01. The molecule has 1 aromatic rings. The summed E-state index contributed by atoms with van der Waals surface area (Å²) in [4.78, 5) is 0.266. The summed E-state index contributed by atoms with van der Waals surface area (Å²) < 4.78 is 53.6. The monoisotopic (exact) mass is 347 g/mol. The SMILES string of the molecule is CN(C)S(=O)(=O)NC1CCN(S(=O)(=O)c2ccccc2)CC1. The van der Waals surface area contributed by atoms with Crippen LogP contribution in [-0.4, -0.2) is 58.7 Å². The van der Waals surface area contributed by atoms with Gasteiger partial charge < -0.3 is 0 Å². The minimum absolute atomic E-state index is 0.241. The van der Waals surface area contributed by atoms with Crippen molar-refractivity contribution in [3.8, 4) is 0 Å². The van der Waals surface area contributed by atoms with Gasteiger partial charge in [-0.2, -0.15) is 21.8 Å². The van der Waals surface area contributed by atoms with Crippen LogP contribution in [0.4, 0.5) is 0 Å². The third kappa shape index (κ3) is 3.85. The summed E-state index contributed by atoms with van der Waals surface area (Å²) in [6.45, 7) is 0.607. The van der Waals surface area contributed by atoms with Gasteiger partial charge in [-0.25, -0.2) is 8.42 Å². The molecule has 1 heterocycles. The highest BCUT2D eigenvalue weighted by Crippen LogP contribution is 2.20. The average molecular weight is 347 g/mol. The van der Waals surface area contributed by atoms with E-state index < -0.39 is 20.2 Å². The first-order chi connectivity index (χ1) is 10.2. The molecule has 1 aromatic carbocycles. The van der Waals surface area contributed by atoms with Gasteiger partial charge in [0.05, 0.1) is 4.90 Å². The Morgan fingerprint density at radius 3 is 2.09 bits per heavy atom. The van der Waals surface area contributed by atoms with Gasteiger partial charge >= 0.3 is 0 Å². The lowest BCUT2D eigenvalue weighted by molar-refractivity contribution is 0.306. The van der Waals surface area contributed by atoms with Crippen molar-refractivity contribution in [2.24, 2.45) is 0 Å².